The molecular formula is C25H39N5O2. The van der Waals surface area contributed by atoms with E-state index in [0.29, 0.717) is 13.1 Å². The van der Waals surface area contributed by atoms with E-state index >= 15 is 0 Å². The molecule has 1 aliphatic heterocycles. The fourth-order valence-electron chi connectivity index (χ4n) is 4.40. The average Bonchev–Trinajstić information content (AvgIpc) is 2.81. The van der Waals surface area contributed by atoms with Crippen molar-refractivity contribution in [2.75, 3.05) is 65.3 Å². The zero-order valence-electron chi connectivity index (χ0n) is 19.9. The summed E-state index contributed by atoms with van der Waals surface area (Å²) in [6.07, 6.45) is 7.83. The zero-order chi connectivity index (χ0) is 22.9. The lowest BCUT2D eigenvalue weighted by atomic mass is 9.97. The molecule has 1 aromatic rings. The maximum absolute atomic E-state index is 12.5. The summed E-state index contributed by atoms with van der Waals surface area (Å²) in [6.45, 7) is 4.81. The number of benzene rings is 1. The predicted octanol–water partition coefficient (Wildman–Crippen LogP) is 2.16. The fraction of sp³-hybridized carbons (Fsp3) is 0.600. The molecule has 2 amide bonds. The van der Waals surface area contributed by atoms with Gasteiger partial charge in [-0.05, 0) is 56.8 Å². The van der Waals surface area contributed by atoms with Gasteiger partial charge in [-0.2, -0.15) is 0 Å². The van der Waals surface area contributed by atoms with Crippen LogP contribution in [0.25, 0.3) is 0 Å². The quantitative estimate of drug-likeness (QED) is 0.478. The van der Waals surface area contributed by atoms with Crippen molar-refractivity contribution in [1.29, 1.82) is 0 Å². The van der Waals surface area contributed by atoms with E-state index in [2.05, 4.69) is 62.7 Å². The van der Waals surface area contributed by atoms with Crippen LogP contribution >= 0.6 is 0 Å². The summed E-state index contributed by atoms with van der Waals surface area (Å²) in [5, 5.41) is 5.66. The van der Waals surface area contributed by atoms with Crippen molar-refractivity contribution in [3.05, 3.63) is 41.5 Å². The molecule has 0 unspecified atom stereocenters. The lowest BCUT2D eigenvalue weighted by Crippen LogP contribution is -2.49. The van der Waals surface area contributed by atoms with Crippen LogP contribution in [0.5, 0.6) is 0 Å². The van der Waals surface area contributed by atoms with Gasteiger partial charge in [0.15, 0.2) is 0 Å². The molecule has 32 heavy (non-hydrogen) atoms. The molecule has 2 N–H and O–H groups in total. The first-order chi connectivity index (χ1) is 15.4. The zero-order valence-corrected chi connectivity index (χ0v) is 19.9. The summed E-state index contributed by atoms with van der Waals surface area (Å²) in [6, 6.07) is 8.51. The highest BCUT2D eigenvalue weighted by Gasteiger charge is 2.25. The number of likely N-dealkylation sites (N-methyl/N-ethyl adjacent to an activating group) is 1. The van der Waals surface area contributed by atoms with E-state index in [1.165, 1.54) is 18.4 Å². The summed E-state index contributed by atoms with van der Waals surface area (Å²) in [5.74, 6) is -1.09. The van der Waals surface area contributed by atoms with Crippen molar-refractivity contribution in [2.24, 2.45) is 0 Å². The van der Waals surface area contributed by atoms with Crippen molar-refractivity contribution in [1.82, 2.24) is 20.4 Å². The number of piperazine rings is 1. The second-order valence-electron chi connectivity index (χ2n) is 9.17. The highest BCUT2D eigenvalue weighted by atomic mass is 16.2. The Hall–Kier alpha value is -2.38. The summed E-state index contributed by atoms with van der Waals surface area (Å²) < 4.78 is 0. The summed E-state index contributed by atoms with van der Waals surface area (Å²) >= 11 is 0. The number of rotatable bonds is 8. The van der Waals surface area contributed by atoms with Crippen molar-refractivity contribution in [3.8, 4) is 0 Å². The lowest BCUT2D eigenvalue weighted by Gasteiger charge is -2.38. The van der Waals surface area contributed by atoms with Crippen LogP contribution in [-0.4, -0.2) is 82.0 Å². The van der Waals surface area contributed by atoms with Crippen molar-refractivity contribution >= 4 is 17.5 Å². The number of nitrogens with zero attached hydrogens (tertiary/aromatic N) is 3. The molecule has 2 aliphatic rings. The van der Waals surface area contributed by atoms with Gasteiger partial charge in [-0.1, -0.05) is 23.8 Å². The number of hydrogen-bond acceptors (Lipinski definition) is 5. The van der Waals surface area contributed by atoms with Crippen LogP contribution in [0.2, 0.25) is 0 Å². The Kier molecular flexibility index (Phi) is 9.11. The minimum Gasteiger partial charge on any atom is -0.378 e. The van der Waals surface area contributed by atoms with Crippen LogP contribution in [0.3, 0.4) is 0 Å². The smallest absolute Gasteiger partial charge is 0.309 e. The van der Waals surface area contributed by atoms with Crippen molar-refractivity contribution in [2.45, 2.75) is 38.1 Å². The van der Waals surface area contributed by atoms with E-state index in [9.17, 15) is 9.59 Å². The molecule has 0 saturated carbocycles. The first-order valence-corrected chi connectivity index (χ1v) is 11.9. The molecule has 0 radical (unpaired) electrons. The summed E-state index contributed by atoms with van der Waals surface area (Å²) in [4.78, 5) is 31.6. The fourth-order valence-corrected chi connectivity index (χ4v) is 4.40. The predicted molar refractivity (Wildman–Crippen MR) is 130 cm³/mol. The number of nitrogens with one attached hydrogen (secondary N) is 2. The molecular weight excluding hydrogens is 402 g/mol. The largest absolute Gasteiger partial charge is 0.378 e. The summed E-state index contributed by atoms with van der Waals surface area (Å²) in [7, 11) is 6.18. The third-order valence-electron chi connectivity index (χ3n) is 6.55. The molecule has 1 saturated heterocycles. The molecule has 1 aromatic carbocycles. The molecule has 1 heterocycles. The van der Waals surface area contributed by atoms with Gasteiger partial charge in [-0.25, -0.2) is 0 Å². The van der Waals surface area contributed by atoms with Gasteiger partial charge in [0.05, 0.1) is 6.04 Å². The minimum absolute atomic E-state index is 0.0454. The van der Waals surface area contributed by atoms with E-state index in [0.717, 1.165) is 56.7 Å². The molecule has 1 atom stereocenters. The highest BCUT2D eigenvalue weighted by Crippen LogP contribution is 2.24. The second-order valence-corrected chi connectivity index (χ2v) is 9.17. The number of anilines is 1. The van der Waals surface area contributed by atoms with Crippen LogP contribution < -0.4 is 15.5 Å². The number of carbonyl (C=O) groups excluding carboxylic acids is 2. The number of amides is 2. The first kappa shape index (κ1) is 24.3. The Bertz CT molecular complexity index is 782. The molecule has 0 bridgehead atoms. The second kappa shape index (κ2) is 12.0. The van der Waals surface area contributed by atoms with Gasteiger partial charge >= 0.3 is 11.8 Å². The van der Waals surface area contributed by atoms with Crippen LogP contribution in [0, 0.1) is 0 Å². The van der Waals surface area contributed by atoms with Crippen molar-refractivity contribution in [3.63, 3.8) is 0 Å². The Labute approximate surface area is 192 Å². The van der Waals surface area contributed by atoms with Gasteiger partial charge in [0.25, 0.3) is 0 Å². The number of carbonyl (C=O) groups is 2. The Morgan fingerprint density at radius 3 is 2.31 bits per heavy atom. The molecule has 3 rings (SSSR count). The SMILES string of the molecule is CN1CCN([C@@H](CNC(=O)C(=O)NCCC2=CCCCC2)c2ccc(N(C)C)cc2)CC1. The Morgan fingerprint density at radius 1 is 1.00 bits per heavy atom. The van der Waals surface area contributed by atoms with E-state index in [-0.39, 0.29) is 6.04 Å². The van der Waals surface area contributed by atoms with Crippen LogP contribution in [0.15, 0.2) is 35.9 Å². The maximum Gasteiger partial charge on any atom is 0.309 e. The average molecular weight is 442 g/mol. The monoisotopic (exact) mass is 441 g/mol. The first-order valence-electron chi connectivity index (χ1n) is 11.9. The normalized spacial score (nSPS) is 18.5. The summed E-state index contributed by atoms with van der Waals surface area (Å²) in [5.41, 5.74) is 3.70. The van der Waals surface area contributed by atoms with E-state index < -0.39 is 11.8 Å². The van der Waals surface area contributed by atoms with Gasteiger partial charge in [0.2, 0.25) is 0 Å². The molecule has 1 aliphatic carbocycles. The minimum atomic E-state index is -0.549. The Morgan fingerprint density at radius 2 is 1.69 bits per heavy atom. The van der Waals surface area contributed by atoms with E-state index in [4.69, 9.17) is 0 Å². The molecule has 0 aromatic heterocycles. The van der Waals surface area contributed by atoms with Crippen LogP contribution in [0.4, 0.5) is 5.69 Å². The van der Waals surface area contributed by atoms with Gasteiger partial charge in [-0.15, -0.1) is 0 Å². The molecule has 7 heteroatoms. The number of allylic oxidation sites excluding steroid dienone is 1. The van der Waals surface area contributed by atoms with E-state index in [1.807, 2.05) is 14.1 Å². The van der Waals surface area contributed by atoms with Gasteiger partial charge in [0.1, 0.15) is 0 Å². The molecule has 7 nitrogen and oxygen atoms in total. The highest BCUT2D eigenvalue weighted by molar-refractivity contribution is 6.35. The Balaban J connectivity index is 1.55. The lowest BCUT2D eigenvalue weighted by molar-refractivity contribution is -0.139. The topological polar surface area (TPSA) is 67.9 Å². The number of hydrogen-bond donors (Lipinski definition) is 2. The molecule has 0 spiro atoms. The third-order valence-corrected chi connectivity index (χ3v) is 6.55. The third kappa shape index (κ3) is 7.07. The molecule has 1 fully saturated rings. The van der Waals surface area contributed by atoms with Gasteiger partial charge in [-0.3, -0.25) is 14.5 Å². The van der Waals surface area contributed by atoms with Crippen LogP contribution in [0.1, 0.15) is 43.7 Å². The van der Waals surface area contributed by atoms with Crippen LogP contribution in [-0.2, 0) is 9.59 Å². The van der Waals surface area contributed by atoms with Gasteiger partial charge in [0, 0.05) is 59.1 Å². The van der Waals surface area contributed by atoms with E-state index in [1.54, 1.807) is 0 Å². The van der Waals surface area contributed by atoms with Crippen molar-refractivity contribution < 1.29 is 9.59 Å². The maximum atomic E-state index is 12.5. The van der Waals surface area contributed by atoms with Gasteiger partial charge < -0.3 is 20.4 Å². The standard InChI is InChI=1S/C25H39N5O2/c1-28(2)22-11-9-21(10-12-22)23(30-17-15-29(3)16-18-30)19-27-25(32)24(31)26-14-13-20-7-5-4-6-8-20/h7,9-12,23H,4-6,8,13-19H2,1-3H3,(H,26,31)(H,27,32)/t23-/m0/s1. The molecule has 176 valence electrons.